The summed E-state index contributed by atoms with van der Waals surface area (Å²) in [6.07, 6.45) is 0.611. The summed E-state index contributed by atoms with van der Waals surface area (Å²) in [4.78, 5) is 15.6. The summed E-state index contributed by atoms with van der Waals surface area (Å²) < 4.78 is 60.4. The normalized spacial score (nSPS) is 16.1. The molecular formula is C20H18F2N2O4S2. The summed E-state index contributed by atoms with van der Waals surface area (Å²) in [5, 5.41) is 0.232. The van der Waals surface area contributed by atoms with Crippen molar-refractivity contribution in [3.63, 3.8) is 0 Å². The first-order valence-electron chi connectivity index (χ1n) is 9.27. The van der Waals surface area contributed by atoms with Gasteiger partial charge in [-0.05, 0) is 38.0 Å². The van der Waals surface area contributed by atoms with Crippen LogP contribution in [0.4, 0.5) is 8.78 Å². The number of halogens is 2. The topological polar surface area (TPSA) is 76.6 Å². The van der Waals surface area contributed by atoms with Gasteiger partial charge in [0.05, 0.1) is 9.60 Å². The molecule has 0 radical (unpaired) electrons. The van der Waals surface area contributed by atoms with Gasteiger partial charge in [0, 0.05) is 24.7 Å². The largest absolute Gasteiger partial charge is 0.467 e. The highest BCUT2D eigenvalue weighted by Gasteiger charge is 2.30. The number of rotatable bonds is 5. The predicted molar refractivity (Wildman–Crippen MR) is 108 cm³/mol. The molecule has 0 bridgehead atoms. The van der Waals surface area contributed by atoms with Crippen LogP contribution >= 0.6 is 11.3 Å². The first kappa shape index (κ1) is 20.8. The number of nitrogens with zero attached hydrogens (tertiary/aromatic N) is 2. The van der Waals surface area contributed by atoms with Gasteiger partial charge in [-0.25, -0.2) is 17.2 Å². The van der Waals surface area contributed by atoms with Gasteiger partial charge in [0.1, 0.15) is 17.4 Å². The number of ketones is 1. The summed E-state index contributed by atoms with van der Waals surface area (Å²) in [6, 6.07) is 7.85. The van der Waals surface area contributed by atoms with Crippen LogP contribution in [0.3, 0.4) is 0 Å². The van der Waals surface area contributed by atoms with E-state index in [1.807, 2.05) is 0 Å². The van der Waals surface area contributed by atoms with Crippen molar-refractivity contribution in [1.82, 2.24) is 9.29 Å². The van der Waals surface area contributed by atoms with Gasteiger partial charge in [-0.2, -0.15) is 9.29 Å². The summed E-state index contributed by atoms with van der Waals surface area (Å²) >= 11 is 1.05. The first-order chi connectivity index (χ1) is 14.2. The van der Waals surface area contributed by atoms with Crippen LogP contribution in [0.2, 0.25) is 0 Å². The highest BCUT2D eigenvalue weighted by atomic mass is 32.2. The van der Waals surface area contributed by atoms with Gasteiger partial charge in [0.25, 0.3) is 5.19 Å². The number of benzene rings is 2. The van der Waals surface area contributed by atoms with Gasteiger partial charge < -0.3 is 4.74 Å². The van der Waals surface area contributed by atoms with Crippen LogP contribution in [-0.2, 0) is 10.0 Å². The van der Waals surface area contributed by atoms with Crippen molar-refractivity contribution < 1.29 is 26.7 Å². The standard InChI is InChI=1S/C20H18F2N2O4S2/c1-12(25)13-2-4-16(5-3-13)30(26,27)24-8-6-15(7-9-24)28-20-23-19-17(22)10-14(21)11-18(19)29-20/h2-5,10-11,15H,6-9H2,1H3. The fourth-order valence-electron chi connectivity index (χ4n) is 3.33. The van der Waals surface area contributed by atoms with Gasteiger partial charge in [-0.1, -0.05) is 23.5 Å². The highest BCUT2D eigenvalue weighted by molar-refractivity contribution is 7.89. The highest BCUT2D eigenvalue weighted by Crippen LogP contribution is 2.32. The zero-order valence-electron chi connectivity index (χ0n) is 16.0. The third-order valence-electron chi connectivity index (χ3n) is 4.96. The Kier molecular flexibility index (Phi) is 5.56. The minimum absolute atomic E-state index is 0.0606. The molecular weight excluding hydrogens is 434 g/mol. The molecule has 6 nitrogen and oxygen atoms in total. The number of hydrogen-bond acceptors (Lipinski definition) is 6. The van der Waals surface area contributed by atoms with E-state index >= 15 is 0 Å². The number of Topliss-reactive ketones (excluding diaryl/α,β-unsaturated/α-hetero) is 1. The third kappa shape index (κ3) is 4.07. The molecule has 1 aliphatic rings. The lowest BCUT2D eigenvalue weighted by Gasteiger charge is -2.30. The van der Waals surface area contributed by atoms with Crippen molar-refractivity contribution in [2.75, 3.05) is 13.1 Å². The Labute approximate surface area is 176 Å². The maximum atomic E-state index is 13.8. The summed E-state index contributed by atoms with van der Waals surface area (Å²) in [7, 11) is -3.67. The monoisotopic (exact) mass is 452 g/mol. The molecule has 10 heteroatoms. The second-order valence-electron chi connectivity index (χ2n) is 7.02. The van der Waals surface area contributed by atoms with Crippen molar-refractivity contribution >= 4 is 37.4 Å². The number of aromatic nitrogens is 1. The van der Waals surface area contributed by atoms with Crippen LogP contribution in [-0.4, -0.2) is 42.7 Å². The Balaban J connectivity index is 1.42. The lowest BCUT2D eigenvalue weighted by molar-refractivity contribution is 0.101. The molecule has 0 spiro atoms. The SMILES string of the molecule is CC(=O)c1ccc(S(=O)(=O)N2CCC(Oc3nc4c(F)cc(F)cc4s3)CC2)cc1. The smallest absolute Gasteiger partial charge is 0.274 e. The molecule has 1 fully saturated rings. The second kappa shape index (κ2) is 8.01. The molecule has 4 rings (SSSR count). The zero-order valence-corrected chi connectivity index (χ0v) is 17.6. The van der Waals surface area contributed by atoms with E-state index in [-0.39, 0.29) is 40.6 Å². The number of ether oxygens (including phenoxy) is 1. The maximum Gasteiger partial charge on any atom is 0.274 e. The van der Waals surface area contributed by atoms with Crippen molar-refractivity contribution in [2.45, 2.75) is 30.8 Å². The molecule has 3 aromatic rings. The van der Waals surface area contributed by atoms with Crippen LogP contribution < -0.4 is 4.74 Å². The lowest BCUT2D eigenvalue weighted by Crippen LogP contribution is -2.41. The van der Waals surface area contributed by atoms with Crippen molar-refractivity contribution in [1.29, 1.82) is 0 Å². The zero-order chi connectivity index (χ0) is 21.5. The first-order valence-corrected chi connectivity index (χ1v) is 11.5. The van der Waals surface area contributed by atoms with Gasteiger partial charge in [0.15, 0.2) is 11.6 Å². The predicted octanol–water partition coefficient (Wildman–Crippen LogP) is 4.01. The molecule has 0 atom stereocenters. The molecule has 2 heterocycles. The number of hydrogen-bond donors (Lipinski definition) is 0. The van der Waals surface area contributed by atoms with E-state index in [9.17, 15) is 22.0 Å². The van der Waals surface area contributed by atoms with Crippen LogP contribution in [0.5, 0.6) is 5.19 Å². The fourth-order valence-corrected chi connectivity index (χ4v) is 5.72. The molecule has 0 aliphatic carbocycles. The number of carbonyl (C=O) groups excluding carboxylic acids is 1. The van der Waals surface area contributed by atoms with Crippen LogP contribution in [0.1, 0.15) is 30.1 Å². The molecule has 0 amide bonds. The van der Waals surface area contributed by atoms with E-state index in [2.05, 4.69) is 4.98 Å². The molecule has 1 aromatic heterocycles. The van der Waals surface area contributed by atoms with E-state index in [0.717, 1.165) is 17.4 Å². The van der Waals surface area contributed by atoms with Crippen LogP contribution in [0.15, 0.2) is 41.3 Å². The van der Waals surface area contributed by atoms with E-state index in [4.69, 9.17) is 4.74 Å². The van der Waals surface area contributed by atoms with E-state index < -0.39 is 21.7 Å². The Hall–Kier alpha value is -2.43. The summed E-state index contributed by atoms with van der Waals surface area (Å²) in [5.41, 5.74) is 0.513. The van der Waals surface area contributed by atoms with Gasteiger partial charge in [-0.15, -0.1) is 0 Å². The molecule has 30 heavy (non-hydrogen) atoms. The molecule has 0 saturated carbocycles. The quantitative estimate of drug-likeness (QED) is 0.547. The molecule has 2 aromatic carbocycles. The Morgan fingerprint density at radius 2 is 1.83 bits per heavy atom. The molecule has 1 saturated heterocycles. The number of thiazole rings is 1. The molecule has 0 N–H and O–H groups in total. The van der Waals surface area contributed by atoms with E-state index in [1.54, 1.807) is 0 Å². The van der Waals surface area contributed by atoms with Crippen molar-refractivity contribution in [3.05, 3.63) is 53.6 Å². The van der Waals surface area contributed by atoms with Crippen molar-refractivity contribution in [2.24, 2.45) is 0 Å². The second-order valence-corrected chi connectivity index (χ2v) is 9.95. The minimum atomic E-state index is -3.67. The Bertz CT molecular complexity index is 1200. The number of piperidine rings is 1. The average molecular weight is 453 g/mol. The van der Waals surface area contributed by atoms with E-state index in [0.29, 0.717) is 23.1 Å². The third-order valence-corrected chi connectivity index (χ3v) is 7.77. The lowest BCUT2D eigenvalue weighted by atomic mass is 10.1. The Morgan fingerprint density at radius 3 is 2.47 bits per heavy atom. The molecule has 0 unspecified atom stereocenters. The molecule has 158 valence electrons. The van der Waals surface area contributed by atoms with E-state index in [1.165, 1.54) is 41.6 Å². The average Bonchev–Trinajstić information content (AvgIpc) is 3.11. The fraction of sp³-hybridized carbons (Fsp3) is 0.300. The van der Waals surface area contributed by atoms with Gasteiger partial charge in [0.2, 0.25) is 10.0 Å². The van der Waals surface area contributed by atoms with Crippen molar-refractivity contribution in [3.8, 4) is 5.19 Å². The maximum absolute atomic E-state index is 13.8. The van der Waals surface area contributed by atoms with Gasteiger partial charge >= 0.3 is 0 Å². The summed E-state index contributed by atoms with van der Waals surface area (Å²) in [6.45, 7) is 1.94. The number of fused-ring (bicyclic) bond motifs is 1. The Morgan fingerprint density at radius 1 is 1.17 bits per heavy atom. The summed E-state index contributed by atoms with van der Waals surface area (Å²) in [5.74, 6) is -1.55. The number of carbonyl (C=O) groups is 1. The minimum Gasteiger partial charge on any atom is -0.467 e. The van der Waals surface area contributed by atoms with Crippen LogP contribution in [0, 0.1) is 11.6 Å². The number of sulfonamides is 1. The molecule has 1 aliphatic heterocycles. The van der Waals surface area contributed by atoms with Gasteiger partial charge in [-0.3, -0.25) is 4.79 Å². The van der Waals surface area contributed by atoms with Crippen LogP contribution in [0.25, 0.3) is 10.2 Å².